The molecule has 1 fully saturated rings. The summed E-state index contributed by atoms with van der Waals surface area (Å²) in [4.78, 5) is 0. The van der Waals surface area contributed by atoms with Crippen LogP contribution in [0.5, 0.6) is 0 Å². The van der Waals surface area contributed by atoms with Gasteiger partial charge in [0.25, 0.3) is 0 Å². The van der Waals surface area contributed by atoms with Crippen molar-refractivity contribution in [3.8, 4) is 0 Å². The topological polar surface area (TPSA) is 41.9 Å². The number of hydrogen-bond acceptors (Lipinski definition) is 3. The molecule has 2 heterocycles. The third-order valence-corrected chi connectivity index (χ3v) is 3.29. The van der Waals surface area contributed by atoms with Crippen LogP contribution in [-0.2, 0) is 13.6 Å². The van der Waals surface area contributed by atoms with Crippen molar-refractivity contribution < 1.29 is 0 Å². The molecule has 0 saturated carbocycles. The van der Waals surface area contributed by atoms with Crippen LogP contribution in [0.4, 0.5) is 0 Å². The smallest absolute Gasteiger partial charge is 0.0641 e. The Hall–Kier alpha value is -0.870. The summed E-state index contributed by atoms with van der Waals surface area (Å²) in [6.45, 7) is 7.39. The van der Waals surface area contributed by atoms with Gasteiger partial charge in [0.05, 0.1) is 5.69 Å². The molecule has 2 N–H and O–H groups in total. The lowest BCUT2D eigenvalue weighted by atomic mass is 10.2. The Morgan fingerprint density at radius 1 is 1.53 bits per heavy atom. The number of nitrogens with zero attached hydrogens (tertiary/aromatic N) is 2. The van der Waals surface area contributed by atoms with Crippen molar-refractivity contribution >= 4 is 0 Å². The minimum Gasteiger partial charge on any atom is -0.315 e. The van der Waals surface area contributed by atoms with Crippen molar-refractivity contribution in [3.63, 3.8) is 0 Å². The SMILES string of the molecule is Cc1nn(C)c(C)c1CNC1CCNC1. The third-order valence-electron chi connectivity index (χ3n) is 3.29. The highest BCUT2D eigenvalue weighted by atomic mass is 15.3. The van der Waals surface area contributed by atoms with Crippen LogP contribution in [-0.4, -0.2) is 28.9 Å². The van der Waals surface area contributed by atoms with Gasteiger partial charge in [-0.05, 0) is 26.8 Å². The number of rotatable bonds is 3. The molecular weight excluding hydrogens is 188 g/mol. The van der Waals surface area contributed by atoms with Crippen LogP contribution in [0, 0.1) is 13.8 Å². The van der Waals surface area contributed by atoms with E-state index < -0.39 is 0 Å². The second-order valence-corrected chi connectivity index (χ2v) is 4.34. The number of nitrogens with one attached hydrogen (secondary N) is 2. The summed E-state index contributed by atoms with van der Waals surface area (Å²) in [5, 5.41) is 11.4. The van der Waals surface area contributed by atoms with Crippen molar-refractivity contribution in [2.45, 2.75) is 32.9 Å². The van der Waals surface area contributed by atoms with Crippen LogP contribution < -0.4 is 10.6 Å². The molecule has 1 unspecified atom stereocenters. The first-order chi connectivity index (χ1) is 7.18. The fraction of sp³-hybridized carbons (Fsp3) is 0.727. The second-order valence-electron chi connectivity index (χ2n) is 4.34. The van der Waals surface area contributed by atoms with E-state index in [0.717, 1.165) is 25.3 Å². The van der Waals surface area contributed by atoms with Gasteiger partial charge in [0.15, 0.2) is 0 Å². The molecule has 1 aromatic rings. The van der Waals surface area contributed by atoms with Crippen molar-refractivity contribution in [3.05, 3.63) is 17.0 Å². The van der Waals surface area contributed by atoms with Gasteiger partial charge in [-0.1, -0.05) is 0 Å². The zero-order valence-electron chi connectivity index (χ0n) is 9.80. The molecule has 0 bridgehead atoms. The van der Waals surface area contributed by atoms with E-state index in [4.69, 9.17) is 0 Å². The first-order valence-electron chi connectivity index (χ1n) is 5.61. The molecule has 0 aromatic carbocycles. The maximum absolute atomic E-state index is 4.42. The van der Waals surface area contributed by atoms with Crippen molar-refractivity contribution in [1.82, 2.24) is 20.4 Å². The lowest BCUT2D eigenvalue weighted by Crippen LogP contribution is -2.30. The number of hydrogen-bond donors (Lipinski definition) is 2. The number of aryl methyl sites for hydroxylation is 2. The Morgan fingerprint density at radius 3 is 2.87 bits per heavy atom. The summed E-state index contributed by atoms with van der Waals surface area (Å²) in [7, 11) is 2.00. The van der Waals surface area contributed by atoms with E-state index in [-0.39, 0.29) is 0 Å². The van der Waals surface area contributed by atoms with E-state index in [9.17, 15) is 0 Å². The Kier molecular flexibility index (Phi) is 3.07. The number of aromatic nitrogens is 2. The summed E-state index contributed by atoms with van der Waals surface area (Å²) in [6.07, 6.45) is 1.23. The lowest BCUT2D eigenvalue weighted by molar-refractivity contribution is 0.545. The van der Waals surface area contributed by atoms with Gasteiger partial charge in [-0.2, -0.15) is 5.10 Å². The maximum Gasteiger partial charge on any atom is 0.0641 e. The summed E-state index contributed by atoms with van der Waals surface area (Å²) in [5.74, 6) is 0. The van der Waals surface area contributed by atoms with E-state index in [1.165, 1.54) is 17.7 Å². The lowest BCUT2D eigenvalue weighted by Gasteiger charge is -2.11. The highest BCUT2D eigenvalue weighted by molar-refractivity contribution is 5.24. The quantitative estimate of drug-likeness (QED) is 0.759. The van der Waals surface area contributed by atoms with Gasteiger partial charge >= 0.3 is 0 Å². The van der Waals surface area contributed by atoms with Crippen molar-refractivity contribution in [1.29, 1.82) is 0 Å². The third kappa shape index (κ3) is 2.21. The average molecular weight is 208 g/mol. The minimum absolute atomic E-state index is 0.629. The molecule has 15 heavy (non-hydrogen) atoms. The maximum atomic E-state index is 4.42. The van der Waals surface area contributed by atoms with Gasteiger partial charge in [-0.25, -0.2) is 0 Å². The van der Waals surface area contributed by atoms with Crippen LogP contribution in [0.2, 0.25) is 0 Å². The summed E-state index contributed by atoms with van der Waals surface area (Å²) < 4.78 is 1.96. The Morgan fingerprint density at radius 2 is 2.33 bits per heavy atom. The van der Waals surface area contributed by atoms with Gasteiger partial charge in [-0.15, -0.1) is 0 Å². The van der Waals surface area contributed by atoms with Crippen LogP contribution in [0.15, 0.2) is 0 Å². The first kappa shape index (κ1) is 10.6. The van der Waals surface area contributed by atoms with Gasteiger partial charge in [0, 0.05) is 37.4 Å². The monoisotopic (exact) mass is 208 g/mol. The van der Waals surface area contributed by atoms with Gasteiger partial charge < -0.3 is 10.6 Å². The molecule has 0 aliphatic carbocycles. The predicted octanol–water partition coefficient (Wildman–Crippen LogP) is 0.488. The molecular formula is C11H20N4. The molecule has 1 atom stereocenters. The summed E-state index contributed by atoms with van der Waals surface area (Å²) in [6, 6.07) is 0.629. The summed E-state index contributed by atoms with van der Waals surface area (Å²) in [5.41, 5.74) is 3.77. The molecule has 84 valence electrons. The minimum atomic E-state index is 0.629. The molecule has 4 nitrogen and oxygen atoms in total. The molecule has 1 aromatic heterocycles. The van der Waals surface area contributed by atoms with Gasteiger partial charge in [-0.3, -0.25) is 4.68 Å². The molecule has 1 saturated heterocycles. The standard InChI is InChI=1S/C11H20N4/c1-8-11(9(2)15(3)14-8)7-13-10-4-5-12-6-10/h10,12-13H,4-7H2,1-3H3. The van der Waals surface area contributed by atoms with Crippen molar-refractivity contribution in [2.24, 2.45) is 7.05 Å². The molecule has 2 rings (SSSR count). The van der Waals surface area contributed by atoms with E-state index >= 15 is 0 Å². The summed E-state index contributed by atoms with van der Waals surface area (Å²) >= 11 is 0. The molecule has 1 aliphatic heterocycles. The average Bonchev–Trinajstić information content (AvgIpc) is 2.76. The van der Waals surface area contributed by atoms with Crippen LogP contribution in [0.1, 0.15) is 23.4 Å². The molecule has 4 heteroatoms. The zero-order valence-corrected chi connectivity index (χ0v) is 9.80. The predicted molar refractivity (Wildman–Crippen MR) is 60.8 cm³/mol. The molecule has 0 spiro atoms. The highest BCUT2D eigenvalue weighted by Crippen LogP contribution is 2.12. The second kappa shape index (κ2) is 4.33. The van der Waals surface area contributed by atoms with E-state index in [1.54, 1.807) is 0 Å². The Labute approximate surface area is 91.1 Å². The Balaban J connectivity index is 1.97. The van der Waals surface area contributed by atoms with E-state index in [0.29, 0.717) is 6.04 Å². The fourth-order valence-corrected chi connectivity index (χ4v) is 2.15. The van der Waals surface area contributed by atoms with E-state index in [1.807, 2.05) is 11.7 Å². The van der Waals surface area contributed by atoms with Crippen molar-refractivity contribution in [2.75, 3.05) is 13.1 Å². The van der Waals surface area contributed by atoms with Crippen LogP contribution in [0.25, 0.3) is 0 Å². The molecule has 0 radical (unpaired) electrons. The molecule has 0 amide bonds. The van der Waals surface area contributed by atoms with Gasteiger partial charge in [0.2, 0.25) is 0 Å². The Bertz CT molecular complexity index is 337. The molecule has 1 aliphatic rings. The van der Waals surface area contributed by atoms with Crippen LogP contribution in [0.3, 0.4) is 0 Å². The van der Waals surface area contributed by atoms with Gasteiger partial charge in [0.1, 0.15) is 0 Å². The largest absolute Gasteiger partial charge is 0.315 e. The highest BCUT2D eigenvalue weighted by Gasteiger charge is 2.15. The zero-order chi connectivity index (χ0) is 10.8. The fourth-order valence-electron chi connectivity index (χ4n) is 2.15. The first-order valence-corrected chi connectivity index (χ1v) is 5.61. The van der Waals surface area contributed by atoms with Crippen LogP contribution >= 0.6 is 0 Å². The van der Waals surface area contributed by atoms with E-state index in [2.05, 4.69) is 29.6 Å². The normalized spacial score (nSPS) is 21.1.